The first kappa shape index (κ1) is 26.5. The third-order valence-electron chi connectivity index (χ3n) is 6.47. The van der Waals surface area contributed by atoms with E-state index >= 15 is 0 Å². The molecule has 0 aliphatic heterocycles. The van der Waals surface area contributed by atoms with Gasteiger partial charge in [0, 0.05) is 6.54 Å². The molecule has 1 aromatic heterocycles. The number of nitrogens with zero attached hydrogens (tertiary/aromatic N) is 2. The van der Waals surface area contributed by atoms with E-state index in [1.54, 1.807) is 22.9 Å². The maximum absolute atomic E-state index is 14.9. The van der Waals surface area contributed by atoms with Gasteiger partial charge in [0.2, 0.25) is 0 Å². The fourth-order valence-electron chi connectivity index (χ4n) is 4.36. The molecular weight excluding hydrogens is 489 g/mol. The van der Waals surface area contributed by atoms with Crippen LogP contribution in [0.4, 0.5) is 10.1 Å². The summed E-state index contributed by atoms with van der Waals surface area (Å²) < 4.78 is 16.5. The summed E-state index contributed by atoms with van der Waals surface area (Å²) >= 11 is 0. The molecular formula is C29H31ClFN5O. The summed E-state index contributed by atoms with van der Waals surface area (Å²) in [7, 11) is 0. The Morgan fingerprint density at radius 3 is 2.57 bits per heavy atom. The van der Waals surface area contributed by atoms with Gasteiger partial charge in [0.1, 0.15) is 11.5 Å². The van der Waals surface area contributed by atoms with Crippen LogP contribution in [0, 0.1) is 18.7 Å². The van der Waals surface area contributed by atoms with E-state index in [1.165, 1.54) is 18.9 Å². The zero-order valence-corrected chi connectivity index (χ0v) is 21.5. The summed E-state index contributed by atoms with van der Waals surface area (Å²) in [6, 6.07) is 24.1. The lowest BCUT2D eigenvalue weighted by atomic mass is 9.97. The lowest BCUT2D eigenvalue weighted by molar-refractivity contribution is 0.101. The number of rotatable bonds is 9. The van der Waals surface area contributed by atoms with Gasteiger partial charge < -0.3 is 16.4 Å². The molecule has 1 aliphatic carbocycles. The van der Waals surface area contributed by atoms with E-state index in [2.05, 4.69) is 27.9 Å². The molecule has 5 rings (SSSR count). The molecule has 6 nitrogen and oxygen atoms in total. The number of aryl methyl sites for hydroxylation is 1. The Hall–Kier alpha value is -3.52. The van der Waals surface area contributed by atoms with E-state index in [0.29, 0.717) is 23.9 Å². The number of carbonyl (C=O) groups excluding carboxylic acids is 1. The predicted molar refractivity (Wildman–Crippen MR) is 147 cm³/mol. The average molecular weight is 520 g/mol. The number of nitrogens with one attached hydrogen (secondary N) is 2. The van der Waals surface area contributed by atoms with Gasteiger partial charge in [-0.15, -0.1) is 12.4 Å². The average Bonchev–Trinajstić information content (AvgIpc) is 3.65. The highest BCUT2D eigenvalue weighted by Gasteiger charge is 2.24. The zero-order valence-electron chi connectivity index (χ0n) is 20.7. The first-order valence-electron chi connectivity index (χ1n) is 12.3. The van der Waals surface area contributed by atoms with E-state index in [-0.39, 0.29) is 24.1 Å². The SMILES string of the molecule is Cc1cc(C(=O)Nc2cc(C(NCC3CC3)c3ccccc3)ccc2F)n(-c2cccc(CN)c2)n1.Cl. The van der Waals surface area contributed by atoms with Crippen molar-refractivity contribution in [3.05, 3.63) is 113 Å². The quantitative estimate of drug-likeness (QED) is 0.271. The van der Waals surface area contributed by atoms with Crippen LogP contribution in [0.3, 0.4) is 0 Å². The van der Waals surface area contributed by atoms with Crippen molar-refractivity contribution in [1.82, 2.24) is 15.1 Å². The van der Waals surface area contributed by atoms with E-state index in [1.807, 2.05) is 49.4 Å². The Balaban J connectivity index is 0.00000320. The Kier molecular flexibility index (Phi) is 8.38. The molecule has 3 aromatic carbocycles. The monoisotopic (exact) mass is 519 g/mol. The largest absolute Gasteiger partial charge is 0.326 e. The Morgan fingerprint density at radius 2 is 1.84 bits per heavy atom. The molecule has 37 heavy (non-hydrogen) atoms. The smallest absolute Gasteiger partial charge is 0.274 e. The molecule has 1 amide bonds. The van der Waals surface area contributed by atoms with Crippen molar-refractivity contribution in [3.63, 3.8) is 0 Å². The van der Waals surface area contributed by atoms with Crippen molar-refractivity contribution < 1.29 is 9.18 Å². The molecule has 0 spiro atoms. The lowest BCUT2D eigenvalue weighted by Crippen LogP contribution is -2.25. The maximum atomic E-state index is 14.9. The molecule has 1 saturated carbocycles. The molecule has 1 aliphatic rings. The summed E-state index contributed by atoms with van der Waals surface area (Å²) in [4.78, 5) is 13.3. The van der Waals surface area contributed by atoms with Gasteiger partial charge in [-0.25, -0.2) is 9.07 Å². The third-order valence-corrected chi connectivity index (χ3v) is 6.47. The Labute approximate surface area is 222 Å². The number of carbonyl (C=O) groups is 1. The zero-order chi connectivity index (χ0) is 25.1. The summed E-state index contributed by atoms with van der Waals surface area (Å²) in [6.45, 7) is 3.10. The van der Waals surface area contributed by atoms with E-state index in [4.69, 9.17) is 5.73 Å². The Bertz CT molecular complexity index is 1370. The van der Waals surface area contributed by atoms with Crippen LogP contribution in [0.1, 0.15) is 51.8 Å². The topological polar surface area (TPSA) is 85.0 Å². The number of amides is 1. The van der Waals surface area contributed by atoms with Crippen LogP contribution in [-0.4, -0.2) is 22.2 Å². The minimum absolute atomic E-state index is 0. The number of hydrogen-bond donors (Lipinski definition) is 3. The highest BCUT2D eigenvalue weighted by Crippen LogP contribution is 2.31. The number of anilines is 1. The molecule has 192 valence electrons. The van der Waals surface area contributed by atoms with E-state index < -0.39 is 11.7 Å². The van der Waals surface area contributed by atoms with Crippen LogP contribution in [0.5, 0.6) is 0 Å². The molecule has 1 atom stereocenters. The maximum Gasteiger partial charge on any atom is 0.274 e. The molecule has 1 unspecified atom stereocenters. The van der Waals surface area contributed by atoms with Gasteiger partial charge in [-0.3, -0.25) is 4.79 Å². The van der Waals surface area contributed by atoms with Crippen molar-refractivity contribution in [2.75, 3.05) is 11.9 Å². The van der Waals surface area contributed by atoms with Crippen LogP contribution >= 0.6 is 12.4 Å². The summed E-state index contributed by atoms with van der Waals surface area (Å²) in [5.41, 5.74) is 10.5. The van der Waals surface area contributed by atoms with Crippen molar-refractivity contribution in [3.8, 4) is 5.69 Å². The predicted octanol–water partition coefficient (Wildman–Crippen LogP) is 5.54. The van der Waals surface area contributed by atoms with Gasteiger partial charge in [0.15, 0.2) is 0 Å². The molecule has 1 fully saturated rings. The number of halogens is 2. The van der Waals surface area contributed by atoms with E-state index in [9.17, 15) is 9.18 Å². The van der Waals surface area contributed by atoms with E-state index in [0.717, 1.165) is 28.9 Å². The summed E-state index contributed by atoms with van der Waals surface area (Å²) in [5.74, 6) is -0.238. The molecule has 8 heteroatoms. The minimum atomic E-state index is -0.492. The van der Waals surface area contributed by atoms with Gasteiger partial charge in [-0.05, 0) is 79.3 Å². The molecule has 4 aromatic rings. The van der Waals surface area contributed by atoms with Crippen molar-refractivity contribution in [2.24, 2.45) is 11.7 Å². The van der Waals surface area contributed by atoms with Crippen LogP contribution < -0.4 is 16.4 Å². The van der Waals surface area contributed by atoms with Crippen LogP contribution in [0.15, 0.2) is 78.9 Å². The van der Waals surface area contributed by atoms with Gasteiger partial charge in [0.05, 0.1) is 23.1 Å². The minimum Gasteiger partial charge on any atom is -0.326 e. The standard InChI is InChI=1S/C29H30FN5O.ClH/c1-19-14-27(35(34-19)24-9-5-6-21(15-24)17-31)29(36)33-26-16-23(12-13-25(26)30)28(32-18-20-10-11-20)22-7-3-2-4-8-22;/h2-9,12-16,20,28,32H,10-11,17-18,31H2,1H3,(H,33,36);1H. The molecule has 0 radical (unpaired) electrons. The number of benzene rings is 3. The van der Waals surface area contributed by atoms with Crippen LogP contribution in [0.2, 0.25) is 0 Å². The summed E-state index contributed by atoms with van der Waals surface area (Å²) in [6.07, 6.45) is 2.47. The van der Waals surface area contributed by atoms with Gasteiger partial charge in [-0.2, -0.15) is 5.10 Å². The van der Waals surface area contributed by atoms with Crippen LogP contribution in [0.25, 0.3) is 5.69 Å². The fourth-order valence-corrected chi connectivity index (χ4v) is 4.36. The molecule has 0 bridgehead atoms. The fraction of sp³-hybridized carbons (Fsp3) is 0.241. The Morgan fingerprint density at radius 1 is 1.05 bits per heavy atom. The van der Waals surface area contributed by atoms with Crippen LogP contribution in [-0.2, 0) is 6.54 Å². The second kappa shape index (κ2) is 11.7. The second-order valence-corrected chi connectivity index (χ2v) is 9.35. The van der Waals surface area contributed by atoms with Crippen molar-refractivity contribution in [2.45, 2.75) is 32.4 Å². The second-order valence-electron chi connectivity index (χ2n) is 9.35. The van der Waals surface area contributed by atoms with Gasteiger partial charge in [0.25, 0.3) is 5.91 Å². The van der Waals surface area contributed by atoms with Crippen molar-refractivity contribution >= 4 is 24.0 Å². The first-order valence-corrected chi connectivity index (χ1v) is 12.3. The van der Waals surface area contributed by atoms with Gasteiger partial charge >= 0.3 is 0 Å². The molecule has 4 N–H and O–H groups in total. The number of hydrogen-bond acceptors (Lipinski definition) is 4. The van der Waals surface area contributed by atoms with Crippen molar-refractivity contribution in [1.29, 1.82) is 0 Å². The highest BCUT2D eigenvalue weighted by atomic mass is 35.5. The van der Waals surface area contributed by atoms with Gasteiger partial charge in [-0.1, -0.05) is 48.5 Å². The molecule has 0 saturated heterocycles. The normalized spacial score (nSPS) is 13.6. The highest BCUT2D eigenvalue weighted by molar-refractivity contribution is 6.03. The first-order chi connectivity index (χ1) is 17.5. The third kappa shape index (κ3) is 6.25. The molecule has 1 heterocycles. The number of aromatic nitrogens is 2. The number of nitrogens with two attached hydrogens (primary N) is 1. The lowest BCUT2D eigenvalue weighted by Gasteiger charge is -2.21. The summed E-state index contributed by atoms with van der Waals surface area (Å²) in [5, 5.41) is 10.9.